The Morgan fingerprint density at radius 2 is 2.29 bits per heavy atom. The highest BCUT2D eigenvalue weighted by atomic mass is 16.5. The third-order valence-electron chi connectivity index (χ3n) is 2.36. The molecule has 76 valence electrons. The minimum atomic E-state index is 0.248. The van der Waals surface area contributed by atoms with Crippen molar-refractivity contribution in [3.05, 3.63) is 12.4 Å². The second-order valence-electron chi connectivity index (χ2n) is 3.86. The lowest BCUT2D eigenvalue weighted by Crippen LogP contribution is -2.16. The van der Waals surface area contributed by atoms with Crippen LogP contribution in [0.4, 0.5) is 5.82 Å². The second-order valence-corrected chi connectivity index (χ2v) is 3.86. The fourth-order valence-electron chi connectivity index (χ4n) is 1.26. The molecule has 1 aliphatic carbocycles. The van der Waals surface area contributed by atoms with E-state index in [1.807, 2.05) is 13.0 Å². The van der Waals surface area contributed by atoms with E-state index in [1.54, 1.807) is 0 Å². The van der Waals surface area contributed by atoms with Crippen molar-refractivity contribution < 1.29 is 4.74 Å². The van der Waals surface area contributed by atoms with Crippen LogP contribution in [-0.2, 0) is 0 Å². The summed E-state index contributed by atoms with van der Waals surface area (Å²) in [6.45, 7) is 4.76. The van der Waals surface area contributed by atoms with Gasteiger partial charge in [0.05, 0.1) is 6.61 Å². The van der Waals surface area contributed by atoms with E-state index in [9.17, 15) is 0 Å². The number of aromatic nitrogens is 2. The quantitative estimate of drug-likeness (QED) is 0.792. The number of nitrogens with one attached hydrogen (secondary N) is 1. The minimum absolute atomic E-state index is 0.248. The minimum Gasteiger partial charge on any atom is -0.478 e. The average molecular weight is 193 g/mol. The molecule has 1 saturated carbocycles. The van der Waals surface area contributed by atoms with Crippen LogP contribution in [0, 0.1) is 0 Å². The number of nitrogens with zero attached hydrogens (tertiary/aromatic N) is 2. The Balaban J connectivity index is 2.06. The van der Waals surface area contributed by atoms with E-state index in [2.05, 4.69) is 22.2 Å². The van der Waals surface area contributed by atoms with Crippen molar-refractivity contribution in [3.8, 4) is 5.88 Å². The maximum atomic E-state index is 5.29. The molecule has 0 bridgehead atoms. The topological polar surface area (TPSA) is 47.0 Å². The predicted octanol–water partition coefficient (Wildman–Crippen LogP) is 1.84. The second kappa shape index (κ2) is 3.44. The molecule has 1 fully saturated rings. The molecule has 14 heavy (non-hydrogen) atoms. The largest absolute Gasteiger partial charge is 0.478 e. The zero-order valence-electron chi connectivity index (χ0n) is 8.58. The van der Waals surface area contributed by atoms with Crippen molar-refractivity contribution in [1.82, 2.24) is 9.97 Å². The van der Waals surface area contributed by atoms with Crippen molar-refractivity contribution in [2.75, 3.05) is 11.9 Å². The van der Waals surface area contributed by atoms with Gasteiger partial charge in [-0.3, -0.25) is 0 Å². The summed E-state index contributed by atoms with van der Waals surface area (Å²) in [6, 6.07) is 1.84. The first-order chi connectivity index (χ1) is 6.72. The third kappa shape index (κ3) is 2.13. The fourth-order valence-corrected chi connectivity index (χ4v) is 1.26. The molecule has 1 heterocycles. The molecule has 0 spiro atoms. The van der Waals surface area contributed by atoms with Crippen molar-refractivity contribution in [1.29, 1.82) is 0 Å². The highest BCUT2D eigenvalue weighted by molar-refractivity contribution is 5.41. The van der Waals surface area contributed by atoms with E-state index < -0.39 is 0 Å². The molecular formula is C10H15N3O. The van der Waals surface area contributed by atoms with Crippen LogP contribution in [0.15, 0.2) is 12.4 Å². The third-order valence-corrected chi connectivity index (χ3v) is 2.36. The SMILES string of the molecule is CCOc1cc(NC2(C)CC2)ncn1. The summed E-state index contributed by atoms with van der Waals surface area (Å²) in [5, 5.41) is 3.36. The Morgan fingerprint density at radius 3 is 2.93 bits per heavy atom. The first kappa shape index (κ1) is 9.24. The molecule has 0 aromatic carbocycles. The lowest BCUT2D eigenvalue weighted by molar-refractivity contribution is 0.326. The van der Waals surface area contributed by atoms with Gasteiger partial charge in [-0.1, -0.05) is 0 Å². The highest BCUT2D eigenvalue weighted by Gasteiger charge is 2.37. The molecule has 0 radical (unpaired) electrons. The van der Waals surface area contributed by atoms with Gasteiger partial charge >= 0.3 is 0 Å². The summed E-state index contributed by atoms with van der Waals surface area (Å²) in [6.07, 6.45) is 3.95. The zero-order valence-corrected chi connectivity index (χ0v) is 8.58. The van der Waals surface area contributed by atoms with Crippen LogP contribution >= 0.6 is 0 Å². The smallest absolute Gasteiger partial charge is 0.218 e. The summed E-state index contributed by atoms with van der Waals surface area (Å²) in [4.78, 5) is 8.15. The maximum absolute atomic E-state index is 5.29. The molecule has 1 N–H and O–H groups in total. The van der Waals surface area contributed by atoms with E-state index in [-0.39, 0.29) is 5.54 Å². The first-order valence-electron chi connectivity index (χ1n) is 4.95. The van der Waals surface area contributed by atoms with Gasteiger partial charge < -0.3 is 10.1 Å². The number of anilines is 1. The molecule has 1 aromatic rings. The van der Waals surface area contributed by atoms with Gasteiger partial charge in [-0.25, -0.2) is 9.97 Å². The van der Waals surface area contributed by atoms with Gasteiger partial charge in [-0.05, 0) is 26.7 Å². The monoisotopic (exact) mass is 193 g/mol. The molecule has 4 nitrogen and oxygen atoms in total. The van der Waals surface area contributed by atoms with E-state index >= 15 is 0 Å². The number of hydrogen-bond donors (Lipinski definition) is 1. The molecule has 1 aliphatic rings. The summed E-state index contributed by atoms with van der Waals surface area (Å²) in [5.74, 6) is 1.48. The number of ether oxygens (including phenoxy) is 1. The Labute approximate surface area is 83.7 Å². The highest BCUT2D eigenvalue weighted by Crippen LogP contribution is 2.37. The molecule has 0 aliphatic heterocycles. The molecular weight excluding hydrogens is 178 g/mol. The van der Waals surface area contributed by atoms with Crippen LogP contribution in [0.25, 0.3) is 0 Å². The molecule has 0 amide bonds. The van der Waals surface area contributed by atoms with Crippen molar-refractivity contribution >= 4 is 5.82 Å². The van der Waals surface area contributed by atoms with Gasteiger partial charge in [-0.15, -0.1) is 0 Å². The van der Waals surface area contributed by atoms with Crippen LogP contribution in [0.5, 0.6) is 5.88 Å². The Kier molecular flexibility index (Phi) is 2.27. The molecule has 0 atom stereocenters. The van der Waals surface area contributed by atoms with Gasteiger partial charge in [0, 0.05) is 11.6 Å². The standard InChI is InChI=1S/C10H15N3O/c1-3-14-9-6-8(11-7-12-9)13-10(2)4-5-10/h6-7H,3-5H2,1-2H3,(H,11,12,13). The van der Waals surface area contributed by atoms with Gasteiger partial charge in [0.1, 0.15) is 12.1 Å². The van der Waals surface area contributed by atoms with E-state index in [0.717, 1.165) is 5.82 Å². The van der Waals surface area contributed by atoms with Crippen LogP contribution in [0.2, 0.25) is 0 Å². The molecule has 0 saturated heterocycles. The van der Waals surface area contributed by atoms with Gasteiger partial charge in [0.2, 0.25) is 5.88 Å². The average Bonchev–Trinajstić information content (AvgIpc) is 2.84. The van der Waals surface area contributed by atoms with E-state index in [4.69, 9.17) is 4.74 Å². The summed E-state index contributed by atoms with van der Waals surface area (Å²) < 4.78 is 5.29. The van der Waals surface area contributed by atoms with E-state index in [0.29, 0.717) is 12.5 Å². The number of hydrogen-bond acceptors (Lipinski definition) is 4. The van der Waals surface area contributed by atoms with Crippen molar-refractivity contribution in [2.24, 2.45) is 0 Å². The lowest BCUT2D eigenvalue weighted by atomic mass is 10.3. The summed E-state index contributed by atoms with van der Waals surface area (Å²) in [7, 11) is 0. The van der Waals surface area contributed by atoms with Crippen LogP contribution in [0.3, 0.4) is 0 Å². The van der Waals surface area contributed by atoms with Crippen molar-refractivity contribution in [3.63, 3.8) is 0 Å². The first-order valence-corrected chi connectivity index (χ1v) is 4.95. The normalized spacial score (nSPS) is 17.6. The van der Waals surface area contributed by atoms with Gasteiger partial charge in [-0.2, -0.15) is 0 Å². The van der Waals surface area contributed by atoms with Gasteiger partial charge in [0.25, 0.3) is 0 Å². The molecule has 1 aromatic heterocycles. The Bertz CT molecular complexity index is 323. The zero-order chi connectivity index (χ0) is 10.0. The summed E-state index contributed by atoms with van der Waals surface area (Å²) in [5.41, 5.74) is 0.248. The Morgan fingerprint density at radius 1 is 1.50 bits per heavy atom. The number of rotatable bonds is 4. The van der Waals surface area contributed by atoms with E-state index in [1.165, 1.54) is 19.2 Å². The predicted molar refractivity (Wildman–Crippen MR) is 54.5 cm³/mol. The molecule has 2 rings (SSSR count). The van der Waals surface area contributed by atoms with Gasteiger partial charge in [0.15, 0.2) is 0 Å². The van der Waals surface area contributed by atoms with Crippen molar-refractivity contribution in [2.45, 2.75) is 32.2 Å². The van der Waals surface area contributed by atoms with Crippen LogP contribution < -0.4 is 10.1 Å². The summed E-state index contributed by atoms with van der Waals surface area (Å²) >= 11 is 0. The maximum Gasteiger partial charge on any atom is 0.218 e. The lowest BCUT2D eigenvalue weighted by Gasteiger charge is -2.12. The molecule has 0 unspecified atom stereocenters. The molecule has 4 heteroatoms. The Hall–Kier alpha value is -1.32. The van der Waals surface area contributed by atoms with Crippen LogP contribution in [0.1, 0.15) is 26.7 Å². The van der Waals surface area contributed by atoms with Crippen LogP contribution in [-0.4, -0.2) is 22.1 Å². The fraction of sp³-hybridized carbons (Fsp3) is 0.600.